The van der Waals surface area contributed by atoms with E-state index in [1.807, 2.05) is 19.0 Å². The quantitative estimate of drug-likeness (QED) is 0.919. The van der Waals surface area contributed by atoms with Crippen LogP contribution >= 0.6 is 15.9 Å². The molecule has 1 aromatic heterocycles. The maximum atomic E-state index is 12.8. The molecule has 1 heterocycles. The number of nitrogens with zero attached hydrogens (tertiary/aromatic N) is 2. The van der Waals surface area contributed by atoms with Crippen molar-refractivity contribution in [2.24, 2.45) is 0 Å². The van der Waals surface area contributed by atoms with E-state index in [4.69, 9.17) is 0 Å². The zero-order valence-corrected chi connectivity index (χ0v) is 10.5. The van der Waals surface area contributed by atoms with E-state index in [-0.39, 0.29) is 5.82 Å². The van der Waals surface area contributed by atoms with Gasteiger partial charge in [0.1, 0.15) is 5.82 Å². The molecule has 5 heteroatoms. The number of hydrogen-bond donors (Lipinski definition) is 1. The van der Waals surface area contributed by atoms with Crippen LogP contribution in [-0.4, -0.2) is 24.3 Å². The Morgan fingerprint density at radius 2 is 1.88 bits per heavy atom. The Hall–Kier alpha value is -1.36. The van der Waals surface area contributed by atoms with Crippen LogP contribution in [0.5, 0.6) is 0 Å². The molecule has 0 aliphatic heterocycles. The van der Waals surface area contributed by atoms with E-state index in [1.165, 1.54) is 12.1 Å². The molecule has 0 aliphatic carbocycles. The van der Waals surface area contributed by atoms with Gasteiger partial charge in [-0.1, -0.05) is 0 Å². The number of rotatable bonds is 2. The van der Waals surface area contributed by atoms with Gasteiger partial charge >= 0.3 is 0 Å². The van der Waals surface area contributed by atoms with E-state index in [0.29, 0.717) is 0 Å². The molecule has 0 fully saturated rings. The fraction of sp³-hybridized carbons (Fsp3) is 0.182. The Labute approximate surface area is 101 Å². The predicted molar refractivity (Wildman–Crippen MR) is 66.0 cm³/mol. The molecule has 0 aliphatic rings. The lowest BCUT2D eigenvalue weighted by Gasteiger charge is -2.08. The molecule has 3 nitrogen and oxygen atoms in total. The molecule has 2 rings (SSSR count). The van der Waals surface area contributed by atoms with Crippen molar-refractivity contribution in [3.8, 4) is 11.3 Å². The second-order valence-corrected chi connectivity index (χ2v) is 4.43. The standard InChI is InChI=1S/C11H11BrFN3/c1-16(2)11-9(12)10(14-15-11)7-3-5-8(13)6-4-7/h3-6H,1-2H3,(H,14,15). The third-order valence-corrected chi connectivity index (χ3v) is 3.00. The lowest BCUT2D eigenvalue weighted by molar-refractivity contribution is 0.628. The molecule has 0 atom stereocenters. The van der Waals surface area contributed by atoms with Crippen molar-refractivity contribution in [2.75, 3.05) is 19.0 Å². The average molecular weight is 284 g/mol. The summed E-state index contributed by atoms with van der Waals surface area (Å²) in [6, 6.07) is 6.29. The maximum absolute atomic E-state index is 12.8. The van der Waals surface area contributed by atoms with Gasteiger partial charge in [0.15, 0.2) is 5.82 Å². The van der Waals surface area contributed by atoms with Crippen LogP contribution in [0.2, 0.25) is 0 Å². The lowest BCUT2D eigenvalue weighted by atomic mass is 10.1. The fourth-order valence-corrected chi connectivity index (χ4v) is 2.18. The predicted octanol–water partition coefficient (Wildman–Crippen LogP) is 3.04. The van der Waals surface area contributed by atoms with Crippen LogP contribution in [0, 0.1) is 5.82 Å². The van der Waals surface area contributed by atoms with Crippen LogP contribution in [-0.2, 0) is 0 Å². The monoisotopic (exact) mass is 283 g/mol. The smallest absolute Gasteiger partial charge is 0.164 e. The zero-order valence-electron chi connectivity index (χ0n) is 8.96. The highest BCUT2D eigenvalue weighted by Gasteiger charge is 2.13. The van der Waals surface area contributed by atoms with Crippen molar-refractivity contribution in [3.63, 3.8) is 0 Å². The van der Waals surface area contributed by atoms with Gasteiger partial charge in [0, 0.05) is 19.7 Å². The highest BCUT2D eigenvalue weighted by atomic mass is 79.9. The van der Waals surface area contributed by atoms with Crippen LogP contribution in [0.4, 0.5) is 10.2 Å². The number of aromatic nitrogens is 2. The van der Waals surface area contributed by atoms with Gasteiger partial charge in [-0.05, 0) is 40.2 Å². The van der Waals surface area contributed by atoms with Crippen LogP contribution in [0.1, 0.15) is 0 Å². The summed E-state index contributed by atoms with van der Waals surface area (Å²) >= 11 is 3.48. The van der Waals surface area contributed by atoms with E-state index in [0.717, 1.165) is 21.5 Å². The van der Waals surface area contributed by atoms with E-state index in [9.17, 15) is 4.39 Å². The summed E-state index contributed by atoms with van der Waals surface area (Å²) in [6.07, 6.45) is 0. The molecule has 0 saturated carbocycles. The number of H-pyrrole nitrogens is 1. The van der Waals surface area contributed by atoms with E-state index in [1.54, 1.807) is 12.1 Å². The normalized spacial score (nSPS) is 10.5. The number of nitrogens with one attached hydrogen (secondary N) is 1. The number of anilines is 1. The molecule has 1 N–H and O–H groups in total. The first-order chi connectivity index (χ1) is 7.59. The van der Waals surface area contributed by atoms with Crippen LogP contribution < -0.4 is 4.90 Å². The first kappa shape index (κ1) is 11.1. The van der Waals surface area contributed by atoms with Gasteiger partial charge in [0.25, 0.3) is 0 Å². The third kappa shape index (κ3) is 1.95. The minimum atomic E-state index is -0.243. The molecular formula is C11H11BrFN3. The molecule has 0 bridgehead atoms. The zero-order chi connectivity index (χ0) is 11.7. The Morgan fingerprint density at radius 1 is 1.25 bits per heavy atom. The van der Waals surface area contributed by atoms with Crippen molar-refractivity contribution >= 4 is 21.7 Å². The molecular weight excluding hydrogens is 273 g/mol. The summed E-state index contributed by atoms with van der Waals surface area (Å²) in [4.78, 5) is 1.90. The lowest BCUT2D eigenvalue weighted by Crippen LogP contribution is -2.09. The van der Waals surface area contributed by atoms with Crippen LogP contribution in [0.15, 0.2) is 28.7 Å². The minimum absolute atomic E-state index is 0.243. The molecule has 0 unspecified atom stereocenters. The maximum Gasteiger partial charge on any atom is 0.164 e. The van der Waals surface area contributed by atoms with Crippen molar-refractivity contribution < 1.29 is 4.39 Å². The van der Waals surface area contributed by atoms with E-state index in [2.05, 4.69) is 26.1 Å². The fourth-order valence-electron chi connectivity index (χ4n) is 1.42. The van der Waals surface area contributed by atoms with Gasteiger partial charge in [0.05, 0.1) is 10.2 Å². The summed E-state index contributed by atoms with van der Waals surface area (Å²) in [5.74, 6) is 0.576. The number of halogens is 2. The van der Waals surface area contributed by atoms with Gasteiger partial charge in [-0.2, -0.15) is 5.10 Å². The third-order valence-electron chi connectivity index (χ3n) is 2.25. The number of aromatic amines is 1. The SMILES string of the molecule is CN(C)c1n[nH]c(-c2ccc(F)cc2)c1Br. The Bertz CT molecular complexity index is 490. The highest BCUT2D eigenvalue weighted by molar-refractivity contribution is 9.10. The van der Waals surface area contributed by atoms with Crippen LogP contribution in [0.25, 0.3) is 11.3 Å². The topological polar surface area (TPSA) is 31.9 Å². The Balaban J connectivity index is 2.45. The van der Waals surface area contributed by atoms with Crippen LogP contribution in [0.3, 0.4) is 0 Å². The first-order valence-electron chi connectivity index (χ1n) is 4.76. The van der Waals surface area contributed by atoms with Gasteiger partial charge < -0.3 is 4.90 Å². The second kappa shape index (κ2) is 4.25. The van der Waals surface area contributed by atoms with Gasteiger partial charge in [-0.25, -0.2) is 4.39 Å². The van der Waals surface area contributed by atoms with Crippen molar-refractivity contribution in [3.05, 3.63) is 34.6 Å². The molecule has 84 valence electrons. The number of benzene rings is 1. The van der Waals surface area contributed by atoms with E-state index < -0.39 is 0 Å². The van der Waals surface area contributed by atoms with E-state index >= 15 is 0 Å². The summed E-state index contributed by atoms with van der Waals surface area (Å²) in [5, 5.41) is 7.10. The van der Waals surface area contributed by atoms with Gasteiger partial charge in [-0.15, -0.1) is 0 Å². The minimum Gasteiger partial charge on any atom is -0.360 e. The van der Waals surface area contributed by atoms with Crippen molar-refractivity contribution in [1.29, 1.82) is 0 Å². The Kier molecular flexibility index (Phi) is 2.96. The first-order valence-corrected chi connectivity index (χ1v) is 5.56. The molecule has 0 saturated heterocycles. The van der Waals surface area contributed by atoms with Crippen molar-refractivity contribution in [1.82, 2.24) is 10.2 Å². The van der Waals surface area contributed by atoms with Crippen molar-refractivity contribution in [2.45, 2.75) is 0 Å². The highest BCUT2D eigenvalue weighted by Crippen LogP contribution is 2.32. The second-order valence-electron chi connectivity index (χ2n) is 3.64. The molecule has 0 spiro atoms. The largest absolute Gasteiger partial charge is 0.360 e. The van der Waals surface area contributed by atoms with Gasteiger partial charge in [-0.3, -0.25) is 5.10 Å². The summed E-state index contributed by atoms with van der Waals surface area (Å²) < 4.78 is 13.7. The molecule has 16 heavy (non-hydrogen) atoms. The average Bonchev–Trinajstić information content (AvgIpc) is 2.61. The molecule has 2 aromatic rings. The Morgan fingerprint density at radius 3 is 2.38 bits per heavy atom. The summed E-state index contributed by atoms with van der Waals surface area (Å²) in [6.45, 7) is 0. The summed E-state index contributed by atoms with van der Waals surface area (Å²) in [5.41, 5.74) is 1.75. The molecule has 1 aromatic carbocycles. The molecule has 0 amide bonds. The van der Waals surface area contributed by atoms with Gasteiger partial charge in [0.2, 0.25) is 0 Å². The summed E-state index contributed by atoms with van der Waals surface area (Å²) in [7, 11) is 3.82. The number of hydrogen-bond acceptors (Lipinski definition) is 2. The molecule has 0 radical (unpaired) electrons.